The number of benzene rings is 2. The molecule has 27 heavy (non-hydrogen) atoms. The van der Waals surface area contributed by atoms with Crippen LogP contribution in [0.2, 0.25) is 0 Å². The molecule has 0 aliphatic rings. The van der Waals surface area contributed by atoms with Crippen molar-refractivity contribution < 1.29 is 19.4 Å². The molecule has 0 saturated carbocycles. The molecule has 7 heteroatoms. The molecule has 0 fully saturated rings. The van der Waals surface area contributed by atoms with Crippen LogP contribution in [0.3, 0.4) is 0 Å². The molecule has 0 aliphatic heterocycles. The minimum atomic E-state index is -0.373. The molecule has 144 valence electrons. The van der Waals surface area contributed by atoms with Gasteiger partial charge in [0.15, 0.2) is 18.1 Å². The molecule has 2 rings (SSSR count). The van der Waals surface area contributed by atoms with Crippen LogP contribution in [0, 0.1) is 6.92 Å². The van der Waals surface area contributed by atoms with E-state index in [1.54, 1.807) is 12.1 Å². The standard InChI is InChI=1S/C20H23BrN2O4/c1-12(2)16-6-5-15(7-13(16)3)27-11-19(24)23-22-10-14-8-17(21)20(25)18(9-14)26-4/h5-10,12,25H,11H2,1-4H3,(H,23,24)/b22-10+. The SMILES string of the molecule is COc1cc(/C=N/NC(=O)COc2ccc(C(C)C)c(C)c2)cc(Br)c1O. The van der Waals surface area contributed by atoms with Crippen LogP contribution in [0.4, 0.5) is 0 Å². The van der Waals surface area contributed by atoms with Gasteiger partial charge >= 0.3 is 0 Å². The summed E-state index contributed by atoms with van der Waals surface area (Å²) in [6.07, 6.45) is 1.45. The molecule has 0 aliphatic carbocycles. The van der Waals surface area contributed by atoms with Gasteiger partial charge in [-0.05, 0) is 69.7 Å². The van der Waals surface area contributed by atoms with Crippen LogP contribution in [0.25, 0.3) is 0 Å². The Bertz CT molecular complexity index is 850. The van der Waals surface area contributed by atoms with E-state index in [0.717, 1.165) is 5.56 Å². The van der Waals surface area contributed by atoms with Crippen LogP contribution in [-0.4, -0.2) is 30.9 Å². The average molecular weight is 435 g/mol. The Hall–Kier alpha value is -2.54. The number of hydrazone groups is 1. The van der Waals surface area contributed by atoms with E-state index in [4.69, 9.17) is 9.47 Å². The fourth-order valence-electron chi connectivity index (χ4n) is 2.57. The van der Waals surface area contributed by atoms with Gasteiger partial charge in [0.1, 0.15) is 5.75 Å². The third kappa shape index (κ3) is 5.72. The van der Waals surface area contributed by atoms with Crippen molar-refractivity contribution >= 4 is 28.1 Å². The van der Waals surface area contributed by atoms with Crippen LogP contribution >= 0.6 is 15.9 Å². The van der Waals surface area contributed by atoms with Crippen molar-refractivity contribution in [3.8, 4) is 17.2 Å². The minimum absolute atomic E-state index is 0.00543. The zero-order valence-electron chi connectivity index (χ0n) is 15.7. The number of aryl methyl sites for hydroxylation is 1. The number of carbonyl (C=O) groups excluding carboxylic acids is 1. The maximum atomic E-state index is 11.9. The quantitative estimate of drug-likeness (QED) is 0.507. The molecule has 0 saturated heterocycles. The topological polar surface area (TPSA) is 80.2 Å². The number of phenolic OH excluding ortho intramolecular Hbond substituents is 1. The van der Waals surface area contributed by atoms with Gasteiger partial charge in [-0.25, -0.2) is 5.43 Å². The van der Waals surface area contributed by atoms with Gasteiger partial charge in [0, 0.05) is 0 Å². The number of halogens is 1. The van der Waals surface area contributed by atoms with Gasteiger partial charge in [-0.15, -0.1) is 0 Å². The summed E-state index contributed by atoms with van der Waals surface area (Å²) in [7, 11) is 1.46. The van der Waals surface area contributed by atoms with Gasteiger partial charge in [-0.3, -0.25) is 4.79 Å². The molecule has 0 heterocycles. The molecule has 2 aromatic rings. The van der Waals surface area contributed by atoms with Gasteiger partial charge in [-0.1, -0.05) is 19.9 Å². The second-order valence-electron chi connectivity index (χ2n) is 6.31. The van der Waals surface area contributed by atoms with Gasteiger partial charge in [-0.2, -0.15) is 5.10 Å². The van der Waals surface area contributed by atoms with Crippen molar-refractivity contribution in [2.45, 2.75) is 26.7 Å². The van der Waals surface area contributed by atoms with E-state index < -0.39 is 0 Å². The largest absolute Gasteiger partial charge is 0.503 e. The summed E-state index contributed by atoms with van der Waals surface area (Å²) in [6.45, 7) is 6.16. The first-order valence-electron chi connectivity index (χ1n) is 8.43. The summed E-state index contributed by atoms with van der Waals surface area (Å²) >= 11 is 3.23. The van der Waals surface area contributed by atoms with E-state index in [2.05, 4.69) is 40.3 Å². The molecule has 1 amide bonds. The van der Waals surface area contributed by atoms with Crippen LogP contribution in [0.5, 0.6) is 17.2 Å². The zero-order chi connectivity index (χ0) is 20.0. The van der Waals surface area contributed by atoms with Gasteiger partial charge in [0.05, 0.1) is 17.8 Å². The van der Waals surface area contributed by atoms with Gasteiger partial charge in [0.25, 0.3) is 5.91 Å². The molecular weight excluding hydrogens is 412 g/mol. The molecule has 0 bridgehead atoms. The third-order valence-electron chi connectivity index (χ3n) is 3.91. The Kier molecular flexibility index (Phi) is 7.24. The van der Waals surface area contributed by atoms with Crippen LogP contribution in [0.15, 0.2) is 39.9 Å². The first-order valence-corrected chi connectivity index (χ1v) is 9.23. The average Bonchev–Trinajstić information content (AvgIpc) is 2.62. The first-order chi connectivity index (χ1) is 12.8. The number of amides is 1. The molecule has 0 spiro atoms. The van der Waals surface area contributed by atoms with Crippen molar-refractivity contribution in [1.82, 2.24) is 5.43 Å². The van der Waals surface area contributed by atoms with Crippen LogP contribution < -0.4 is 14.9 Å². The number of ether oxygens (including phenoxy) is 2. The Morgan fingerprint density at radius 2 is 2.07 bits per heavy atom. The van der Waals surface area contributed by atoms with E-state index in [0.29, 0.717) is 27.5 Å². The molecular formula is C20H23BrN2O4. The summed E-state index contributed by atoms with van der Waals surface area (Å²) in [6, 6.07) is 9.06. The number of hydrogen-bond acceptors (Lipinski definition) is 5. The van der Waals surface area contributed by atoms with Crippen molar-refractivity contribution in [2.75, 3.05) is 13.7 Å². The normalized spacial score (nSPS) is 11.0. The number of aromatic hydroxyl groups is 1. The highest BCUT2D eigenvalue weighted by Gasteiger charge is 2.08. The summed E-state index contributed by atoms with van der Waals surface area (Å²) in [4.78, 5) is 11.9. The van der Waals surface area contributed by atoms with Crippen molar-refractivity contribution in [1.29, 1.82) is 0 Å². The number of methoxy groups -OCH3 is 1. The summed E-state index contributed by atoms with van der Waals surface area (Å²) in [5.74, 6) is 1.02. The summed E-state index contributed by atoms with van der Waals surface area (Å²) in [5, 5.41) is 13.7. The van der Waals surface area contributed by atoms with Crippen molar-refractivity contribution in [2.24, 2.45) is 5.10 Å². The van der Waals surface area contributed by atoms with E-state index >= 15 is 0 Å². The maximum Gasteiger partial charge on any atom is 0.277 e. The lowest BCUT2D eigenvalue weighted by Crippen LogP contribution is -2.24. The van der Waals surface area contributed by atoms with E-state index in [-0.39, 0.29) is 18.3 Å². The fourth-order valence-corrected chi connectivity index (χ4v) is 3.03. The molecule has 2 aromatic carbocycles. The summed E-state index contributed by atoms with van der Waals surface area (Å²) < 4.78 is 11.0. The van der Waals surface area contributed by atoms with Crippen LogP contribution in [0.1, 0.15) is 36.5 Å². The lowest BCUT2D eigenvalue weighted by Gasteiger charge is -2.12. The molecule has 0 aromatic heterocycles. The monoisotopic (exact) mass is 434 g/mol. The predicted octanol–water partition coefficient (Wildman–Crippen LogP) is 4.12. The fraction of sp³-hybridized carbons (Fsp3) is 0.300. The lowest BCUT2D eigenvalue weighted by atomic mass is 9.98. The molecule has 6 nitrogen and oxygen atoms in total. The highest BCUT2D eigenvalue weighted by molar-refractivity contribution is 9.10. The Labute approximate surface area is 167 Å². The summed E-state index contributed by atoms with van der Waals surface area (Å²) in [5.41, 5.74) is 5.44. The van der Waals surface area contributed by atoms with Gasteiger partial charge in [0.2, 0.25) is 0 Å². The number of nitrogens with zero attached hydrogens (tertiary/aromatic N) is 1. The number of carbonyl (C=O) groups is 1. The molecule has 0 atom stereocenters. The number of phenols is 1. The van der Waals surface area contributed by atoms with E-state index in [9.17, 15) is 9.90 Å². The zero-order valence-corrected chi connectivity index (χ0v) is 17.3. The van der Waals surface area contributed by atoms with E-state index in [1.165, 1.54) is 18.9 Å². The Morgan fingerprint density at radius 3 is 2.70 bits per heavy atom. The first kappa shape index (κ1) is 20.8. The van der Waals surface area contributed by atoms with Crippen molar-refractivity contribution in [3.63, 3.8) is 0 Å². The molecule has 0 radical (unpaired) electrons. The number of hydrogen-bond donors (Lipinski definition) is 2. The highest BCUT2D eigenvalue weighted by Crippen LogP contribution is 2.34. The molecule has 0 unspecified atom stereocenters. The van der Waals surface area contributed by atoms with Crippen molar-refractivity contribution in [3.05, 3.63) is 51.5 Å². The number of rotatable bonds is 7. The second-order valence-corrected chi connectivity index (χ2v) is 7.16. The maximum absolute atomic E-state index is 11.9. The Balaban J connectivity index is 1.90. The van der Waals surface area contributed by atoms with Gasteiger partial charge < -0.3 is 14.6 Å². The Morgan fingerprint density at radius 1 is 1.33 bits per heavy atom. The van der Waals surface area contributed by atoms with E-state index in [1.807, 2.05) is 25.1 Å². The highest BCUT2D eigenvalue weighted by atomic mass is 79.9. The predicted molar refractivity (Wildman–Crippen MR) is 109 cm³/mol. The second kappa shape index (κ2) is 9.41. The number of nitrogens with one attached hydrogen (secondary N) is 1. The minimum Gasteiger partial charge on any atom is -0.503 e. The van der Waals surface area contributed by atoms with Crippen LogP contribution in [-0.2, 0) is 4.79 Å². The molecule has 2 N–H and O–H groups in total. The lowest BCUT2D eigenvalue weighted by molar-refractivity contribution is -0.123. The third-order valence-corrected chi connectivity index (χ3v) is 4.51. The smallest absolute Gasteiger partial charge is 0.277 e.